The van der Waals surface area contributed by atoms with Gasteiger partial charge in [0.05, 0.1) is 22.2 Å². The number of likely N-dealkylation sites (N-methyl/N-ethyl adjacent to an activating group) is 1. The molecule has 50 heavy (non-hydrogen) atoms. The fourth-order valence-corrected chi connectivity index (χ4v) is 5.81. The van der Waals surface area contributed by atoms with Gasteiger partial charge < -0.3 is 50.3 Å². The second kappa shape index (κ2) is 15.9. The highest BCUT2D eigenvalue weighted by Gasteiger charge is 2.48. The van der Waals surface area contributed by atoms with Crippen molar-refractivity contribution in [1.29, 1.82) is 0 Å². The van der Waals surface area contributed by atoms with Gasteiger partial charge in [-0.05, 0) is 68.9 Å². The third-order valence-electron chi connectivity index (χ3n) is 8.46. The van der Waals surface area contributed by atoms with E-state index in [1.54, 1.807) is 24.3 Å². The number of nitrogens with zero attached hydrogens (tertiary/aromatic N) is 3. The average Bonchev–Trinajstić information content (AvgIpc) is 3.09. The Morgan fingerprint density at radius 1 is 1.00 bits per heavy atom. The number of para-hydroxylation sites is 1. The Morgan fingerprint density at radius 3 is 2.40 bits per heavy atom. The highest BCUT2D eigenvalue weighted by atomic mass is 35.5. The molecule has 0 bridgehead atoms. The van der Waals surface area contributed by atoms with Crippen LogP contribution >= 0.6 is 11.6 Å². The molecule has 6 N–H and O–H groups in total. The lowest BCUT2D eigenvalue weighted by Crippen LogP contribution is -2.61. The van der Waals surface area contributed by atoms with Crippen molar-refractivity contribution in [3.05, 3.63) is 82.5 Å². The zero-order chi connectivity index (χ0) is 36.1. The number of carbonyl (C=O) groups is 4. The number of carboxylic acid groups (broad SMARTS) is 1. The minimum absolute atomic E-state index is 0.0297. The molecule has 0 aliphatic carbocycles. The van der Waals surface area contributed by atoms with E-state index in [1.807, 2.05) is 23.9 Å². The smallest absolute Gasteiger partial charge is 0.335 e. The van der Waals surface area contributed by atoms with Gasteiger partial charge in [-0.3, -0.25) is 14.4 Å². The van der Waals surface area contributed by atoms with E-state index in [2.05, 4.69) is 15.6 Å². The molecule has 1 aromatic heterocycles. The van der Waals surface area contributed by atoms with Gasteiger partial charge in [0.15, 0.2) is 6.10 Å². The number of amides is 3. The molecule has 2 aromatic carbocycles. The number of piperidine rings is 1. The second-order valence-electron chi connectivity index (χ2n) is 12.2. The zero-order valence-corrected chi connectivity index (χ0v) is 28.0. The molecule has 16 heteroatoms. The van der Waals surface area contributed by atoms with Crippen LogP contribution in [-0.4, -0.2) is 123 Å². The number of aliphatic carboxylic acids is 1. The fourth-order valence-electron chi connectivity index (χ4n) is 5.70. The van der Waals surface area contributed by atoms with Crippen molar-refractivity contribution >= 4 is 46.8 Å². The Morgan fingerprint density at radius 2 is 1.74 bits per heavy atom. The third-order valence-corrected chi connectivity index (χ3v) is 8.68. The number of hydrogen-bond acceptors (Lipinski definition) is 11. The maximum atomic E-state index is 13.6. The van der Waals surface area contributed by atoms with Gasteiger partial charge >= 0.3 is 5.97 Å². The minimum atomic E-state index is -1.96. The fraction of sp³-hybridized carbons (Fsp3) is 0.382. The molecule has 3 amide bonds. The van der Waals surface area contributed by atoms with Crippen LogP contribution in [-0.2, 0) is 14.3 Å². The highest BCUT2D eigenvalue weighted by Crippen LogP contribution is 2.34. The van der Waals surface area contributed by atoms with Crippen molar-refractivity contribution in [2.45, 2.75) is 49.5 Å². The number of carbonyl (C=O) groups excluding carboxylic acids is 3. The number of aliphatic hydroxyl groups excluding tert-OH is 3. The van der Waals surface area contributed by atoms with Crippen LogP contribution in [0, 0.1) is 0 Å². The number of rotatable bonds is 11. The summed E-state index contributed by atoms with van der Waals surface area (Å²) in [6.45, 7) is 2.05. The van der Waals surface area contributed by atoms with Crippen LogP contribution in [0.2, 0.25) is 5.02 Å². The number of ether oxygens (including phenoxy) is 2. The predicted molar refractivity (Wildman–Crippen MR) is 180 cm³/mol. The molecule has 15 nitrogen and oxygen atoms in total. The Bertz CT molecular complexity index is 1710. The number of hydrogen-bond donors (Lipinski definition) is 6. The van der Waals surface area contributed by atoms with Crippen LogP contribution in [0.5, 0.6) is 5.75 Å². The Labute approximate surface area is 292 Å². The van der Waals surface area contributed by atoms with Gasteiger partial charge in [0.25, 0.3) is 11.8 Å². The summed E-state index contributed by atoms with van der Waals surface area (Å²) >= 11 is 5.91. The number of aromatic nitrogens is 1. The SMILES string of the molecule is CN(C)CCN1CCCC(c2ccc(C(=O)Nc3c(O[C@@H]4O[C@H](C(=O)O)[C@@H](O)[C@H](O)[C@H]4O)cccc3C(=O)Nc3ccc(Cl)cn3)cc2)C1=O. The van der Waals surface area contributed by atoms with E-state index in [1.165, 1.54) is 36.5 Å². The van der Waals surface area contributed by atoms with Crippen molar-refractivity contribution in [3.8, 4) is 5.75 Å². The van der Waals surface area contributed by atoms with Gasteiger partial charge in [-0.2, -0.15) is 0 Å². The summed E-state index contributed by atoms with van der Waals surface area (Å²) in [6.07, 6.45) is -6.75. The molecule has 3 aromatic rings. The maximum absolute atomic E-state index is 13.6. The first kappa shape index (κ1) is 36.6. The molecule has 5 rings (SSSR count). The standard InChI is InChI=1S/C34H38ClN5O10/c1-39(2)15-16-40-14-4-6-21(32(40)46)18-8-10-19(11-9-18)30(44)38-25-22(31(45)37-24-13-12-20(35)17-36-24)5-3-7-23(25)49-34-28(43)26(41)27(42)29(50-34)33(47)48/h3,5,7-13,17,21,26-29,34,41-43H,4,6,14-16H2,1-2H3,(H,38,44)(H,47,48)(H,36,37,45)/t21?,26-,27-,28+,29-,34+/m0/s1. The van der Waals surface area contributed by atoms with Crippen LogP contribution in [0.1, 0.15) is 45.0 Å². The first-order chi connectivity index (χ1) is 23.8. The number of anilines is 2. The van der Waals surface area contributed by atoms with Crippen LogP contribution in [0.4, 0.5) is 11.5 Å². The van der Waals surface area contributed by atoms with E-state index in [4.69, 9.17) is 21.1 Å². The van der Waals surface area contributed by atoms with Crippen molar-refractivity contribution in [3.63, 3.8) is 0 Å². The molecule has 6 atom stereocenters. The van der Waals surface area contributed by atoms with E-state index in [9.17, 15) is 39.6 Å². The number of aliphatic hydroxyl groups is 3. The number of halogens is 1. The van der Waals surface area contributed by atoms with Gasteiger partial charge in [0.2, 0.25) is 12.2 Å². The first-order valence-electron chi connectivity index (χ1n) is 15.8. The van der Waals surface area contributed by atoms with Gasteiger partial charge in [-0.25, -0.2) is 9.78 Å². The lowest BCUT2D eigenvalue weighted by Gasteiger charge is -2.38. The molecule has 2 fully saturated rings. The molecule has 0 spiro atoms. The largest absolute Gasteiger partial charge is 0.479 e. The van der Waals surface area contributed by atoms with Gasteiger partial charge in [0.1, 0.15) is 29.9 Å². The molecule has 2 aliphatic rings. The molecular formula is C34H38ClN5O10. The summed E-state index contributed by atoms with van der Waals surface area (Å²) in [7, 11) is 3.90. The lowest BCUT2D eigenvalue weighted by atomic mass is 9.89. The number of benzene rings is 2. The molecule has 0 radical (unpaired) electrons. The normalized spacial score (nSPS) is 23.7. The van der Waals surface area contributed by atoms with Crippen LogP contribution in [0.3, 0.4) is 0 Å². The third kappa shape index (κ3) is 8.38. The maximum Gasteiger partial charge on any atom is 0.335 e. The molecule has 3 heterocycles. The van der Waals surface area contributed by atoms with Crippen molar-refractivity contribution in [2.24, 2.45) is 0 Å². The van der Waals surface area contributed by atoms with E-state index < -0.39 is 48.5 Å². The van der Waals surface area contributed by atoms with Gasteiger partial charge in [-0.15, -0.1) is 0 Å². The predicted octanol–water partition coefficient (Wildman–Crippen LogP) is 1.78. The Hall–Kier alpha value is -4.64. The topological polar surface area (TPSA) is 211 Å². The first-order valence-corrected chi connectivity index (χ1v) is 16.2. The molecule has 0 saturated carbocycles. The summed E-state index contributed by atoms with van der Waals surface area (Å²) in [6, 6.07) is 13.6. The lowest BCUT2D eigenvalue weighted by molar-refractivity contribution is -0.271. The molecular weight excluding hydrogens is 674 g/mol. The number of carboxylic acids is 1. The van der Waals surface area contributed by atoms with E-state index in [-0.39, 0.29) is 40.2 Å². The summed E-state index contributed by atoms with van der Waals surface area (Å²) in [5.41, 5.74) is 0.642. The zero-order valence-electron chi connectivity index (χ0n) is 27.2. The van der Waals surface area contributed by atoms with E-state index in [0.29, 0.717) is 24.5 Å². The molecule has 266 valence electrons. The molecule has 1 unspecified atom stereocenters. The summed E-state index contributed by atoms with van der Waals surface area (Å²) in [5, 5.41) is 46.0. The number of likely N-dealkylation sites (tertiary alicyclic amines) is 1. The minimum Gasteiger partial charge on any atom is -0.479 e. The van der Waals surface area contributed by atoms with Crippen LogP contribution in [0.15, 0.2) is 60.8 Å². The quantitative estimate of drug-likeness (QED) is 0.168. The summed E-state index contributed by atoms with van der Waals surface area (Å²) < 4.78 is 11.0. The van der Waals surface area contributed by atoms with Gasteiger partial charge in [-0.1, -0.05) is 29.8 Å². The number of pyridine rings is 1. The second-order valence-corrected chi connectivity index (χ2v) is 12.7. The molecule has 2 aliphatic heterocycles. The van der Waals surface area contributed by atoms with Crippen molar-refractivity contribution in [1.82, 2.24) is 14.8 Å². The van der Waals surface area contributed by atoms with Crippen LogP contribution < -0.4 is 15.4 Å². The number of nitrogens with one attached hydrogen (secondary N) is 2. The van der Waals surface area contributed by atoms with E-state index in [0.717, 1.165) is 18.5 Å². The highest BCUT2D eigenvalue weighted by molar-refractivity contribution is 6.30. The summed E-state index contributed by atoms with van der Waals surface area (Å²) in [5.74, 6) is -3.42. The monoisotopic (exact) mass is 711 g/mol. The van der Waals surface area contributed by atoms with Crippen LogP contribution in [0.25, 0.3) is 0 Å². The van der Waals surface area contributed by atoms with Gasteiger partial charge in [0, 0.05) is 31.4 Å². The molecule has 2 saturated heterocycles. The van der Waals surface area contributed by atoms with E-state index >= 15 is 0 Å². The average molecular weight is 712 g/mol. The Kier molecular flexibility index (Phi) is 11.7. The summed E-state index contributed by atoms with van der Waals surface area (Å²) in [4.78, 5) is 59.9. The van der Waals surface area contributed by atoms with Crippen molar-refractivity contribution < 1.29 is 49.1 Å². The Balaban J connectivity index is 1.41. The van der Waals surface area contributed by atoms with Crippen molar-refractivity contribution in [2.75, 3.05) is 44.4 Å².